The van der Waals surface area contributed by atoms with Crippen LogP contribution in [-0.4, -0.2) is 87.1 Å². The molecule has 1 fully saturated rings. The Bertz CT molecular complexity index is 2620. The van der Waals surface area contributed by atoms with Crippen LogP contribution in [0.4, 0.5) is 9.59 Å². The highest BCUT2D eigenvalue weighted by atomic mass is 16.5. The van der Waals surface area contributed by atoms with E-state index in [1.54, 1.807) is 41.6 Å². The van der Waals surface area contributed by atoms with E-state index in [9.17, 15) is 24.4 Å². The van der Waals surface area contributed by atoms with Gasteiger partial charge in [-0.3, -0.25) is 9.59 Å². The van der Waals surface area contributed by atoms with Crippen LogP contribution in [0, 0.1) is 17.2 Å². The molecule has 0 saturated carbocycles. The zero-order valence-electron chi connectivity index (χ0n) is 35.9. The predicted octanol–water partition coefficient (Wildman–Crippen LogP) is 8.23. The zero-order chi connectivity index (χ0) is 44.6. The lowest BCUT2D eigenvalue weighted by Crippen LogP contribution is -2.51. The van der Waals surface area contributed by atoms with Gasteiger partial charge in [0, 0.05) is 12.1 Å². The summed E-state index contributed by atoms with van der Waals surface area (Å²) in [5.74, 6) is 0.505. The molecule has 1 saturated heterocycles. The van der Waals surface area contributed by atoms with Crippen molar-refractivity contribution in [1.82, 2.24) is 40.4 Å². The highest BCUT2D eigenvalue weighted by Crippen LogP contribution is 2.35. The number of rotatable bonds is 14. The maximum atomic E-state index is 14.0. The SMILES string of the molecule is CC[C@@H](c1ncc(-c2ccc(-c3ccc4cc(-c5cnc([C@@H]6CCCN6C(=O)[C@@H](NC(=O)OC)C(C)C)[nH]5)ccc4c3)cc2)[nH]1)N(CC#N)C(=O)[C@H](NC(=O)OC)c1ccccc1. The highest BCUT2D eigenvalue weighted by Gasteiger charge is 2.38. The predicted molar refractivity (Wildman–Crippen MR) is 237 cm³/mol. The number of nitriles is 1. The number of fused-ring (bicyclic) bond motifs is 1. The molecule has 7 rings (SSSR count). The van der Waals surface area contributed by atoms with Gasteiger partial charge in [0.1, 0.15) is 30.3 Å². The summed E-state index contributed by atoms with van der Waals surface area (Å²) in [5, 5.41) is 17.2. The first-order valence-corrected chi connectivity index (χ1v) is 21.0. The van der Waals surface area contributed by atoms with Crippen molar-refractivity contribution in [2.75, 3.05) is 27.3 Å². The first-order valence-electron chi connectivity index (χ1n) is 21.0. The lowest BCUT2D eigenvalue weighted by molar-refractivity contribution is -0.136. The molecule has 4 amide bonds. The average Bonchev–Trinajstić information content (AvgIpc) is 4.12. The van der Waals surface area contributed by atoms with E-state index in [0.717, 1.165) is 57.3 Å². The fraction of sp³-hybridized carbons (Fsp3) is 0.312. The van der Waals surface area contributed by atoms with Gasteiger partial charge in [0.2, 0.25) is 5.91 Å². The maximum Gasteiger partial charge on any atom is 0.407 e. The van der Waals surface area contributed by atoms with E-state index in [-0.39, 0.29) is 24.4 Å². The van der Waals surface area contributed by atoms with Gasteiger partial charge in [-0.1, -0.05) is 99.6 Å². The smallest absolute Gasteiger partial charge is 0.407 e. The number of nitrogens with zero attached hydrogens (tertiary/aromatic N) is 5. The summed E-state index contributed by atoms with van der Waals surface area (Å²) >= 11 is 0. The summed E-state index contributed by atoms with van der Waals surface area (Å²) in [7, 11) is 2.52. The number of ether oxygens (including phenoxy) is 2. The van der Waals surface area contributed by atoms with Crippen molar-refractivity contribution in [3.8, 4) is 39.7 Å². The monoisotopic (exact) mass is 849 g/mol. The molecule has 0 aliphatic carbocycles. The normalized spacial score (nSPS) is 15.0. The molecular weight excluding hydrogens is 799 g/mol. The van der Waals surface area contributed by atoms with E-state index < -0.39 is 36.2 Å². The van der Waals surface area contributed by atoms with Crippen LogP contribution >= 0.6 is 0 Å². The van der Waals surface area contributed by atoms with Crippen molar-refractivity contribution in [3.05, 3.63) is 121 Å². The van der Waals surface area contributed by atoms with Crippen LogP contribution in [0.2, 0.25) is 0 Å². The lowest BCUT2D eigenvalue weighted by Gasteiger charge is -2.31. The molecule has 2 aromatic heterocycles. The Morgan fingerprint density at radius 1 is 0.825 bits per heavy atom. The Balaban J connectivity index is 1.05. The summed E-state index contributed by atoms with van der Waals surface area (Å²) in [6.07, 6.45) is 4.20. The van der Waals surface area contributed by atoms with Crippen LogP contribution in [0.25, 0.3) is 44.4 Å². The Morgan fingerprint density at radius 3 is 2.11 bits per heavy atom. The molecule has 0 radical (unpaired) electrons. The van der Waals surface area contributed by atoms with Crippen molar-refractivity contribution in [3.63, 3.8) is 0 Å². The molecule has 3 heterocycles. The van der Waals surface area contributed by atoms with Crippen molar-refractivity contribution in [2.24, 2.45) is 5.92 Å². The van der Waals surface area contributed by atoms with Gasteiger partial charge in [-0.25, -0.2) is 19.6 Å². The standard InChI is InChI=1S/C48H51N9O6/c1-6-39(57(24-22-49)46(59)42(55-48(61)63-5)32-11-8-7-9-12-32)43-50-27-37(52-43)31-16-14-30(15-17-31)33-18-19-35-26-36(21-20-34(35)25-33)38-28-51-44(53-38)40-13-10-23-56(40)45(58)41(29(2)3)54-47(60)62-4/h7-9,11-12,14-21,25-29,39-42H,6,10,13,23-24H2,1-5H3,(H,50,52)(H,51,53)(H,54,60)(H,55,61)/t39-,40-,41-,42+/m0/s1. The van der Waals surface area contributed by atoms with Gasteiger partial charge in [0.05, 0.1) is 56.2 Å². The van der Waals surface area contributed by atoms with Crippen molar-refractivity contribution in [1.29, 1.82) is 5.26 Å². The van der Waals surface area contributed by atoms with Crippen LogP contribution < -0.4 is 10.6 Å². The molecule has 15 nitrogen and oxygen atoms in total. The molecule has 324 valence electrons. The number of hydrogen-bond donors (Lipinski definition) is 4. The number of methoxy groups -OCH3 is 2. The molecule has 4 N–H and O–H groups in total. The van der Waals surface area contributed by atoms with Gasteiger partial charge >= 0.3 is 12.2 Å². The Morgan fingerprint density at radius 2 is 1.44 bits per heavy atom. The minimum atomic E-state index is -1.07. The minimum Gasteiger partial charge on any atom is -0.453 e. The number of benzene rings is 4. The van der Waals surface area contributed by atoms with Gasteiger partial charge in [-0.05, 0) is 70.3 Å². The Labute approximate surface area is 365 Å². The van der Waals surface area contributed by atoms with Gasteiger partial charge in [-0.2, -0.15) is 5.26 Å². The summed E-state index contributed by atoms with van der Waals surface area (Å²) < 4.78 is 9.57. The third kappa shape index (κ3) is 9.55. The number of hydrogen-bond acceptors (Lipinski definition) is 9. The zero-order valence-corrected chi connectivity index (χ0v) is 35.9. The number of carbonyl (C=O) groups is 4. The largest absolute Gasteiger partial charge is 0.453 e. The molecule has 15 heteroatoms. The molecule has 0 spiro atoms. The van der Waals surface area contributed by atoms with Gasteiger partial charge in [-0.15, -0.1) is 0 Å². The number of aromatic amines is 2. The summed E-state index contributed by atoms with van der Waals surface area (Å²) in [6.45, 7) is 6.07. The fourth-order valence-electron chi connectivity index (χ4n) is 8.19. The van der Waals surface area contributed by atoms with E-state index >= 15 is 0 Å². The van der Waals surface area contributed by atoms with Gasteiger partial charge in [0.15, 0.2) is 0 Å². The summed E-state index contributed by atoms with van der Waals surface area (Å²) in [4.78, 5) is 71.4. The molecule has 1 aliphatic rings. The quantitative estimate of drug-likeness (QED) is 0.0780. The third-order valence-electron chi connectivity index (χ3n) is 11.5. The first kappa shape index (κ1) is 43.6. The van der Waals surface area contributed by atoms with Crippen molar-refractivity contribution >= 4 is 34.8 Å². The molecule has 63 heavy (non-hydrogen) atoms. The third-order valence-corrected chi connectivity index (χ3v) is 11.5. The topological polar surface area (TPSA) is 198 Å². The maximum absolute atomic E-state index is 14.0. The molecule has 1 aliphatic heterocycles. The summed E-state index contributed by atoms with van der Waals surface area (Å²) in [5.41, 5.74) is 6.11. The average molecular weight is 850 g/mol. The van der Waals surface area contributed by atoms with E-state index in [0.29, 0.717) is 30.2 Å². The molecule has 4 aromatic carbocycles. The molecule has 0 unspecified atom stereocenters. The van der Waals surface area contributed by atoms with Crippen LogP contribution in [0.5, 0.6) is 0 Å². The number of carbonyl (C=O) groups excluding carboxylic acids is 4. The van der Waals surface area contributed by atoms with Gasteiger partial charge < -0.3 is 39.9 Å². The fourth-order valence-corrected chi connectivity index (χ4v) is 8.19. The number of amides is 4. The van der Waals surface area contributed by atoms with Crippen molar-refractivity contribution in [2.45, 2.75) is 64.2 Å². The van der Waals surface area contributed by atoms with Gasteiger partial charge in [0.25, 0.3) is 5.91 Å². The number of alkyl carbamates (subject to hydrolysis) is 2. The second kappa shape index (κ2) is 19.5. The van der Waals surface area contributed by atoms with E-state index in [2.05, 4.69) is 80.2 Å². The van der Waals surface area contributed by atoms with Crippen LogP contribution in [0.15, 0.2) is 103 Å². The number of imidazole rings is 2. The number of likely N-dealkylation sites (tertiary alicyclic amines) is 1. The minimum absolute atomic E-state index is 0.118. The van der Waals surface area contributed by atoms with Crippen LogP contribution in [0.3, 0.4) is 0 Å². The van der Waals surface area contributed by atoms with Crippen molar-refractivity contribution < 1.29 is 28.7 Å². The lowest BCUT2D eigenvalue weighted by atomic mass is 9.98. The number of aromatic nitrogens is 4. The number of H-pyrrole nitrogens is 2. The van der Waals surface area contributed by atoms with E-state index in [1.165, 1.54) is 19.1 Å². The van der Waals surface area contributed by atoms with Crippen LogP contribution in [0.1, 0.15) is 75.4 Å². The first-order chi connectivity index (χ1) is 30.5. The summed E-state index contributed by atoms with van der Waals surface area (Å²) in [6, 6.07) is 29.1. The number of nitrogens with one attached hydrogen (secondary N) is 4. The van der Waals surface area contributed by atoms with E-state index in [1.807, 2.05) is 39.0 Å². The second-order valence-corrected chi connectivity index (χ2v) is 15.8. The molecule has 0 bridgehead atoms. The molecule has 4 atom stereocenters. The second-order valence-electron chi connectivity index (χ2n) is 15.8. The van der Waals surface area contributed by atoms with E-state index in [4.69, 9.17) is 14.5 Å². The molecular formula is C48H51N9O6. The Hall–Kier alpha value is -7.47. The highest BCUT2D eigenvalue weighted by molar-refractivity contribution is 5.91. The Kier molecular flexibility index (Phi) is 13.5. The van der Waals surface area contributed by atoms with Crippen LogP contribution in [-0.2, 0) is 19.1 Å². The molecule has 6 aromatic rings.